The second kappa shape index (κ2) is 3.92. The van der Waals surface area contributed by atoms with E-state index >= 15 is 0 Å². The third kappa shape index (κ3) is 2.03. The Labute approximate surface area is 91.5 Å². The maximum absolute atomic E-state index is 13.9. The number of halogens is 2. The molecule has 0 radical (unpaired) electrons. The summed E-state index contributed by atoms with van der Waals surface area (Å²) in [5, 5.41) is 0. The summed E-state index contributed by atoms with van der Waals surface area (Å²) in [5.41, 5.74) is 5.49. The monoisotopic (exact) mass is 223 g/mol. The van der Waals surface area contributed by atoms with Gasteiger partial charge in [-0.3, -0.25) is 0 Å². The number of benzene rings is 1. The molecule has 0 bridgehead atoms. The number of nitrogens with zero attached hydrogens (tertiary/aromatic N) is 2. The van der Waals surface area contributed by atoms with Gasteiger partial charge in [0.2, 0.25) is 0 Å². The summed E-state index contributed by atoms with van der Waals surface area (Å²) in [4.78, 5) is 3.72. The fraction of sp³-hybridized carbons (Fsp3) is 0.182. The van der Waals surface area contributed by atoms with E-state index < -0.39 is 12.5 Å². The van der Waals surface area contributed by atoms with Gasteiger partial charge in [-0.15, -0.1) is 0 Å². The molecule has 0 unspecified atom stereocenters. The molecule has 0 atom stereocenters. The van der Waals surface area contributed by atoms with Crippen LogP contribution in [0.15, 0.2) is 43.0 Å². The predicted octanol–water partition coefficient (Wildman–Crippen LogP) is 2.26. The van der Waals surface area contributed by atoms with E-state index in [-0.39, 0.29) is 11.3 Å². The van der Waals surface area contributed by atoms with Crippen molar-refractivity contribution in [3.8, 4) is 0 Å². The van der Waals surface area contributed by atoms with Crippen LogP contribution in [0.1, 0.15) is 5.56 Å². The van der Waals surface area contributed by atoms with E-state index in [1.165, 1.54) is 35.4 Å². The van der Waals surface area contributed by atoms with Crippen molar-refractivity contribution in [1.82, 2.24) is 9.55 Å². The Kier molecular flexibility index (Phi) is 2.60. The summed E-state index contributed by atoms with van der Waals surface area (Å²) in [5.74, 6) is -2.99. The quantitative estimate of drug-likeness (QED) is 0.811. The first-order valence-corrected chi connectivity index (χ1v) is 4.78. The van der Waals surface area contributed by atoms with Crippen LogP contribution in [-0.2, 0) is 12.5 Å². The highest BCUT2D eigenvalue weighted by atomic mass is 19.3. The predicted molar refractivity (Wildman–Crippen MR) is 57.0 cm³/mol. The summed E-state index contributed by atoms with van der Waals surface area (Å²) < 4.78 is 29.0. The van der Waals surface area contributed by atoms with Gasteiger partial charge in [-0.2, -0.15) is 8.78 Å². The number of imidazole rings is 1. The number of anilines is 1. The molecule has 0 amide bonds. The summed E-state index contributed by atoms with van der Waals surface area (Å²) in [6.07, 6.45) is 4.31. The van der Waals surface area contributed by atoms with Crippen LogP contribution in [0.5, 0.6) is 0 Å². The van der Waals surface area contributed by atoms with E-state index in [0.29, 0.717) is 0 Å². The topological polar surface area (TPSA) is 43.8 Å². The Bertz CT molecular complexity index is 466. The summed E-state index contributed by atoms with van der Waals surface area (Å²) >= 11 is 0. The zero-order valence-corrected chi connectivity index (χ0v) is 8.48. The molecule has 0 aliphatic carbocycles. The van der Waals surface area contributed by atoms with Crippen molar-refractivity contribution in [3.63, 3.8) is 0 Å². The molecule has 2 rings (SSSR count). The first-order chi connectivity index (χ1) is 7.59. The lowest BCUT2D eigenvalue weighted by atomic mass is 10.1. The third-order valence-electron chi connectivity index (χ3n) is 2.30. The lowest BCUT2D eigenvalue weighted by Gasteiger charge is -2.18. The maximum Gasteiger partial charge on any atom is 0.292 e. The average molecular weight is 223 g/mol. The van der Waals surface area contributed by atoms with E-state index in [9.17, 15) is 8.78 Å². The summed E-state index contributed by atoms with van der Waals surface area (Å²) in [7, 11) is 0. The minimum atomic E-state index is -2.99. The van der Waals surface area contributed by atoms with Crippen molar-refractivity contribution in [3.05, 3.63) is 48.5 Å². The Morgan fingerprint density at radius 3 is 2.69 bits per heavy atom. The highest BCUT2D eigenvalue weighted by Gasteiger charge is 2.33. The zero-order chi connectivity index (χ0) is 11.6. The molecule has 3 nitrogen and oxygen atoms in total. The number of hydrogen-bond acceptors (Lipinski definition) is 2. The number of nitrogen functional groups attached to an aromatic ring is 1. The number of hydrogen-bond donors (Lipinski definition) is 1. The first kappa shape index (κ1) is 10.6. The van der Waals surface area contributed by atoms with Crippen LogP contribution < -0.4 is 5.73 Å². The smallest absolute Gasteiger partial charge is 0.292 e. The van der Waals surface area contributed by atoms with Gasteiger partial charge >= 0.3 is 0 Å². The van der Waals surface area contributed by atoms with Gasteiger partial charge in [0, 0.05) is 23.6 Å². The molecule has 84 valence electrons. The molecule has 1 aromatic carbocycles. The van der Waals surface area contributed by atoms with Crippen LogP contribution in [-0.4, -0.2) is 9.55 Å². The van der Waals surface area contributed by atoms with Crippen LogP contribution in [0.25, 0.3) is 0 Å². The van der Waals surface area contributed by atoms with Gasteiger partial charge in [0.25, 0.3) is 5.92 Å². The molecule has 5 heteroatoms. The van der Waals surface area contributed by atoms with Gasteiger partial charge < -0.3 is 10.3 Å². The number of rotatable bonds is 3. The Morgan fingerprint density at radius 2 is 2.06 bits per heavy atom. The Morgan fingerprint density at radius 1 is 1.31 bits per heavy atom. The third-order valence-corrected chi connectivity index (χ3v) is 2.30. The molecule has 2 aromatic rings. The molecule has 0 saturated carbocycles. The fourth-order valence-corrected chi connectivity index (χ4v) is 1.52. The van der Waals surface area contributed by atoms with Crippen molar-refractivity contribution in [2.24, 2.45) is 0 Å². The van der Waals surface area contributed by atoms with E-state index in [1.807, 2.05) is 0 Å². The van der Waals surface area contributed by atoms with Crippen LogP contribution in [0.2, 0.25) is 0 Å². The fourth-order valence-electron chi connectivity index (χ4n) is 1.52. The van der Waals surface area contributed by atoms with Crippen molar-refractivity contribution in [2.75, 3.05) is 5.73 Å². The molecule has 0 fully saturated rings. The number of para-hydroxylation sites is 1. The van der Waals surface area contributed by atoms with Crippen LogP contribution in [0.3, 0.4) is 0 Å². The first-order valence-electron chi connectivity index (χ1n) is 4.78. The van der Waals surface area contributed by atoms with Gasteiger partial charge in [-0.05, 0) is 6.07 Å². The van der Waals surface area contributed by atoms with E-state index in [4.69, 9.17) is 5.73 Å². The number of aromatic nitrogens is 2. The van der Waals surface area contributed by atoms with Crippen molar-refractivity contribution >= 4 is 5.69 Å². The molecule has 0 aliphatic rings. The van der Waals surface area contributed by atoms with Gasteiger partial charge in [0.1, 0.15) is 0 Å². The van der Waals surface area contributed by atoms with Crippen molar-refractivity contribution in [1.29, 1.82) is 0 Å². The molecule has 1 aromatic heterocycles. The zero-order valence-electron chi connectivity index (χ0n) is 8.48. The lowest BCUT2D eigenvalue weighted by Crippen LogP contribution is -2.22. The summed E-state index contributed by atoms with van der Waals surface area (Å²) in [6.45, 7) is -0.457. The second-order valence-corrected chi connectivity index (χ2v) is 3.53. The molecular formula is C11H11F2N3. The molecular weight excluding hydrogens is 212 g/mol. The SMILES string of the molecule is Nc1ccccc1C(F)(F)Cn1ccnc1. The van der Waals surface area contributed by atoms with Crippen LogP contribution in [0.4, 0.5) is 14.5 Å². The number of nitrogens with two attached hydrogens (primary N) is 1. The molecule has 1 heterocycles. The minimum Gasteiger partial charge on any atom is -0.398 e. The average Bonchev–Trinajstić information content (AvgIpc) is 2.70. The normalized spacial score (nSPS) is 11.6. The van der Waals surface area contributed by atoms with E-state index in [0.717, 1.165) is 0 Å². The molecule has 0 saturated heterocycles. The Balaban J connectivity index is 2.28. The Hall–Kier alpha value is -1.91. The highest BCUT2D eigenvalue weighted by Crippen LogP contribution is 2.33. The number of alkyl halides is 2. The van der Waals surface area contributed by atoms with Gasteiger partial charge in [-0.25, -0.2) is 4.98 Å². The van der Waals surface area contributed by atoms with Crippen LogP contribution >= 0.6 is 0 Å². The maximum atomic E-state index is 13.9. The highest BCUT2D eigenvalue weighted by molar-refractivity contribution is 5.48. The van der Waals surface area contributed by atoms with Gasteiger partial charge in [0.05, 0.1) is 12.9 Å². The molecule has 0 aliphatic heterocycles. The standard InChI is InChI=1S/C11H11F2N3/c12-11(13,7-16-6-5-15-8-16)9-3-1-2-4-10(9)14/h1-6,8H,7,14H2. The van der Waals surface area contributed by atoms with Gasteiger partial charge in [0.15, 0.2) is 0 Å². The van der Waals surface area contributed by atoms with Crippen molar-refractivity contribution < 1.29 is 8.78 Å². The lowest BCUT2D eigenvalue weighted by molar-refractivity contribution is -0.0215. The van der Waals surface area contributed by atoms with E-state index in [1.54, 1.807) is 12.1 Å². The van der Waals surface area contributed by atoms with Crippen LogP contribution in [0, 0.1) is 0 Å². The van der Waals surface area contributed by atoms with Gasteiger partial charge in [-0.1, -0.05) is 18.2 Å². The summed E-state index contributed by atoms with van der Waals surface area (Å²) in [6, 6.07) is 5.99. The van der Waals surface area contributed by atoms with E-state index in [2.05, 4.69) is 4.98 Å². The largest absolute Gasteiger partial charge is 0.398 e. The molecule has 0 spiro atoms. The molecule has 2 N–H and O–H groups in total. The second-order valence-electron chi connectivity index (χ2n) is 3.53. The molecule has 16 heavy (non-hydrogen) atoms. The van der Waals surface area contributed by atoms with Crippen molar-refractivity contribution in [2.45, 2.75) is 12.5 Å². The minimum absolute atomic E-state index is 0.104.